The average Bonchev–Trinajstić information content (AvgIpc) is 2.16. The van der Waals surface area contributed by atoms with Gasteiger partial charge < -0.3 is 5.32 Å². The van der Waals surface area contributed by atoms with Gasteiger partial charge in [-0.3, -0.25) is 0 Å². The predicted molar refractivity (Wildman–Crippen MR) is 65.0 cm³/mol. The van der Waals surface area contributed by atoms with Crippen LogP contribution in [0.15, 0.2) is 12.2 Å². The monoisotopic (exact) mass is 221 g/mol. The summed E-state index contributed by atoms with van der Waals surface area (Å²) in [5.41, 5.74) is 0. The molecule has 0 heterocycles. The van der Waals surface area contributed by atoms with Crippen molar-refractivity contribution in [2.75, 3.05) is 31.0 Å². The number of hydrogen-bond acceptors (Lipinski definition) is 2. The normalized spacial score (nSPS) is 11.2. The molecule has 13 heavy (non-hydrogen) atoms. The summed E-state index contributed by atoms with van der Waals surface area (Å²) in [6, 6.07) is 0. The third-order valence-corrected chi connectivity index (χ3v) is 2.60. The van der Waals surface area contributed by atoms with Crippen LogP contribution in [0.3, 0.4) is 0 Å². The second-order valence-corrected chi connectivity index (χ2v) is 4.18. The Labute approximate surface area is 91.3 Å². The Hall–Kier alpha value is 0.340. The van der Waals surface area contributed by atoms with Crippen molar-refractivity contribution in [3.8, 4) is 0 Å². The molecule has 0 aromatic heterocycles. The summed E-state index contributed by atoms with van der Waals surface area (Å²) in [4.78, 5) is 0. The molecule has 78 valence electrons. The van der Waals surface area contributed by atoms with E-state index in [4.69, 9.17) is 11.6 Å². The number of hydrogen-bond donors (Lipinski definition) is 1. The average molecular weight is 222 g/mol. The Morgan fingerprint density at radius 1 is 1.23 bits per heavy atom. The van der Waals surface area contributed by atoms with Crippen LogP contribution in [0.4, 0.5) is 0 Å². The molecule has 0 aliphatic heterocycles. The van der Waals surface area contributed by atoms with E-state index >= 15 is 0 Å². The Morgan fingerprint density at radius 2 is 2.08 bits per heavy atom. The molecule has 0 atom stereocenters. The maximum Gasteiger partial charge on any atom is 0.0404 e. The van der Waals surface area contributed by atoms with E-state index < -0.39 is 0 Å². The van der Waals surface area contributed by atoms with Crippen molar-refractivity contribution in [1.29, 1.82) is 0 Å². The third kappa shape index (κ3) is 12.3. The van der Waals surface area contributed by atoms with Gasteiger partial charge in [0.25, 0.3) is 0 Å². The van der Waals surface area contributed by atoms with Gasteiger partial charge in [0.1, 0.15) is 0 Å². The largest absolute Gasteiger partial charge is 0.313 e. The SMILES string of the molecule is CSCCCCCNC/C=C/CCl. The first-order chi connectivity index (χ1) is 6.41. The summed E-state index contributed by atoms with van der Waals surface area (Å²) in [5.74, 6) is 1.92. The van der Waals surface area contributed by atoms with Crippen LogP contribution in [0.25, 0.3) is 0 Å². The van der Waals surface area contributed by atoms with E-state index in [1.165, 1.54) is 25.0 Å². The van der Waals surface area contributed by atoms with Crippen LogP contribution in [0.5, 0.6) is 0 Å². The highest BCUT2D eigenvalue weighted by molar-refractivity contribution is 7.98. The highest BCUT2D eigenvalue weighted by Crippen LogP contribution is 2.00. The summed E-state index contributed by atoms with van der Waals surface area (Å²) in [7, 11) is 0. The molecule has 1 nitrogen and oxygen atoms in total. The van der Waals surface area contributed by atoms with E-state index in [1.54, 1.807) is 0 Å². The second kappa shape index (κ2) is 12.3. The number of alkyl halides is 1. The number of unbranched alkanes of at least 4 members (excludes halogenated alkanes) is 2. The lowest BCUT2D eigenvalue weighted by Gasteiger charge is -2.00. The summed E-state index contributed by atoms with van der Waals surface area (Å²) < 4.78 is 0. The minimum Gasteiger partial charge on any atom is -0.313 e. The summed E-state index contributed by atoms with van der Waals surface area (Å²) in [6.07, 6.45) is 10.2. The van der Waals surface area contributed by atoms with Crippen molar-refractivity contribution in [3.63, 3.8) is 0 Å². The van der Waals surface area contributed by atoms with E-state index in [0.717, 1.165) is 13.1 Å². The van der Waals surface area contributed by atoms with Gasteiger partial charge in [0.2, 0.25) is 0 Å². The minimum absolute atomic E-state index is 0.620. The van der Waals surface area contributed by atoms with Crippen molar-refractivity contribution in [2.24, 2.45) is 0 Å². The van der Waals surface area contributed by atoms with Gasteiger partial charge in [-0.25, -0.2) is 0 Å². The van der Waals surface area contributed by atoms with Gasteiger partial charge in [0.15, 0.2) is 0 Å². The number of thioether (sulfide) groups is 1. The summed E-state index contributed by atoms with van der Waals surface area (Å²) >= 11 is 7.41. The first kappa shape index (κ1) is 13.3. The van der Waals surface area contributed by atoms with Gasteiger partial charge in [-0.05, 0) is 31.4 Å². The smallest absolute Gasteiger partial charge is 0.0404 e. The second-order valence-electron chi connectivity index (χ2n) is 2.88. The van der Waals surface area contributed by atoms with Crippen LogP contribution in [-0.4, -0.2) is 31.0 Å². The molecule has 0 aromatic rings. The fourth-order valence-corrected chi connectivity index (χ4v) is 1.62. The topological polar surface area (TPSA) is 12.0 Å². The summed E-state index contributed by atoms with van der Waals surface area (Å²) in [6.45, 7) is 2.08. The molecule has 0 unspecified atom stereocenters. The Morgan fingerprint density at radius 3 is 2.77 bits per heavy atom. The Kier molecular flexibility index (Phi) is 12.7. The molecule has 0 radical (unpaired) electrons. The van der Waals surface area contributed by atoms with Crippen LogP contribution >= 0.6 is 23.4 Å². The molecular formula is C10H20ClNS. The third-order valence-electron chi connectivity index (χ3n) is 1.72. The van der Waals surface area contributed by atoms with E-state index in [0.29, 0.717) is 5.88 Å². The van der Waals surface area contributed by atoms with Gasteiger partial charge in [-0.15, -0.1) is 11.6 Å². The molecule has 0 saturated heterocycles. The standard InChI is InChI=1S/C10H20ClNS/c1-13-10-6-2-4-8-12-9-5-3-7-11/h3,5,12H,2,4,6-10H2,1H3/b5-3+. The van der Waals surface area contributed by atoms with Crippen LogP contribution in [0.1, 0.15) is 19.3 Å². The Balaban J connectivity index is 2.87. The lowest BCUT2D eigenvalue weighted by Crippen LogP contribution is -2.14. The van der Waals surface area contributed by atoms with E-state index in [1.807, 2.05) is 17.8 Å². The van der Waals surface area contributed by atoms with E-state index in [-0.39, 0.29) is 0 Å². The fourth-order valence-electron chi connectivity index (χ4n) is 1.00. The van der Waals surface area contributed by atoms with Crippen molar-refractivity contribution in [2.45, 2.75) is 19.3 Å². The molecule has 3 heteroatoms. The lowest BCUT2D eigenvalue weighted by atomic mass is 10.2. The first-order valence-corrected chi connectivity index (χ1v) is 6.75. The number of nitrogens with one attached hydrogen (secondary N) is 1. The van der Waals surface area contributed by atoms with Gasteiger partial charge >= 0.3 is 0 Å². The highest BCUT2D eigenvalue weighted by Gasteiger charge is 1.87. The molecular weight excluding hydrogens is 202 g/mol. The summed E-state index contributed by atoms with van der Waals surface area (Å²) in [5, 5.41) is 3.34. The van der Waals surface area contributed by atoms with Gasteiger partial charge in [0, 0.05) is 12.4 Å². The van der Waals surface area contributed by atoms with Gasteiger partial charge in [-0.2, -0.15) is 11.8 Å². The molecule has 0 aliphatic rings. The van der Waals surface area contributed by atoms with Crippen LogP contribution < -0.4 is 5.32 Å². The maximum absolute atomic E-state index is 5.48. The van der Waals surface area contributed by atoms with Gasteiger partial charge in [0.05, 0.1) is 0 Å². The van der Waals surface area contributed by atoms with E-state index in [9.17, 15) is 0 Å². The molecule has 0 rings (SSSR count). The minimum atomic E-state index is 0.620. The molecule has 0 spiro atoms. The zero-order chi connectivity index (χ0) is 9.78. The quantitative estimate of drug-likeness (QED) is 0.365. The molecule has 0 aromatic carbocycles. The first-order valence-electron chi connectivity index (χ1n) is 4.82. The van der Waals surface area contributed by atoms with Crippen LogP contribution in [0, 0.1) is 0 Å². The number of rotatable bonds is 9. The van der Waals surface area contributed by atoms with Crippen LogP contribution in [-0.2, 0) is 0 Å². The zero-order valence-corrected chi connectivity index (χ0v) is 9.96. The van der Waals surface area contributed by atoms with Crippen molar-refractivity contribution < 1.29 is 0 Å². The molecule has 0 bridgehead atoms. The Bertz CT molecular complexity index is 117. The molecule has 0 saturated carbocycles. The predicted octanol–water partition coefficient (Wildman–Crippen LogP) is 2.90. The lowest BCUT2D eigenvalue weighted by molar-refractivity contribution is 0.649. The fraction of sp³-hybridized carbons (Fsp3) is 0.800. The molecule has 0 aliphatic carbocycles. The molecule has 0 amide bonds. The zero-order valence-electron chi connectivity index (χ0n) is 8.39. The molecule has 0 fully saturated rings. The van der Waals surface area contributed by atoms with E-state index in [2.05, 4.69) is 17.6 Å². The van der Waals surface area contributed by atoms with Crippen molar-refractivity contribution in [3.05, 3.63) is 12.2 Å². The number of halogens is 1. The van der Waals surface area contributed by atoms with Crippen LogP contribution in [0.2, 0.25) is 0 Å². The maximum atomic E-state index is 5.48. The number of allylic oxidation sites excluding steroid dienone is 1. The van der Waals surface area contributed by atoms with Crippen molar-refractivity contribution >= 4 is 23.4 Å². The highest BCUT2D eigenvalue weighted by atomic mass is 35.5. The van der Waals surface area contributed by atoms with Gasteiger partial charge in [-0.1, -0.05) is 18.6 Å². The molecule has 1 N–H and O–H groups in total. The van der Waals surface area contributed by atoms with Crippen molar-refractivity contribution in [1.82, 2.24) is 5.32 Å².